The molecule has 1 aromatic carbocycles. The van der Waals surface area contributed by atoms with Crippen LogP contribution in [0.3, 0.4) is 0 Å². The smallest absolute Gasteiger partial charge is 0.123 e. The molecule has 0 aromatic heterocycles. The van der Waals surface area contributed by atoms with Crippen molar-refractivity contribution >= 4 is 10.0 Å². The zero-order chi connectivity index (χ0) is 12.9. The van der Waals surface area contributed by atoms with Crippen molar-refractivity contribution in [1.29, 1.82) is 0 Å². The highest BCUT2D eigenvalue weighted by Crippen LogP contribution is 2.11. The van der Waals surface area contributed by atoms with E-state index in [1.165, 1.54) is 24.3 Å². The standard InChI is InChI=1S/C11H16FN2O2S/c1-14(2)8-7-13-17(15,16)9-10-3-5-11(12)6-4-10/h3-6H,7-9H2,1-2H3/q-1/p+1. The molecule has 0 fully saturated rings. The van der Waals surface area contributed by atoms with E-state index in [0.29, 0.717) is 12.1 Å². The average molecular weight is 260 g/mol. The first-order valence-corrected chi connectivity index (χ1v) is 6.95. The zero-order valence-corrected chi connectivity index (χ0v) is 10.8. The van der Waals surface area contributed by atoms with E-state index in [-0.39, 0.29) is 18.1 Å². The van der Waals surface area contributed by atoms with Crippen LogP contribution in [0.2, 0.25) is 0 Å². The summed E-state index contributed by atoms with van der Waals surface area (Å²) in [5.74, 6) is -0.546. The van der Waals surface area contributed by atoms with Crippen molar-refractivity contribution < 1.29 is 17.7 Å². The van der Waals surface area contributed by atoms with Gasteiger partial charge in [0, 0.05) is 0 Å². The molecule has 0 aliphatic rings. The molecule has 17 heavy (non-hydrogen) atoms. The molecule has 1 N–H and O–H groups in total. The summed E-state index contributed by atoms with van der Waals surface area (Å²) in [4.78, 5) is 1.14. The number of hydrogen-bond acceptors (Lipinski definition) is 2. The van der Waals surface area contributed by atoms with Crippen molar-refractivity contribution in [2.75, 3.05) is 27.2 Å². The van der Waals surface area contributed by atoms with Crippen LogP contribution in [0.5, 0.6) is 0 Å². The first-order chi connectivity index (χ1) is 7.89. The molecule has 0 spiro atoms. The van der Waals surface area contributed by atoms with Gasteiger partial charge in [-0.05, 0) is 17.7 Å². The Labute approximate surface area is 101 Å². The normalized spacial score (nSPS) is 12.0. The van der Waals surface area contributed by atoms with Crippen molar-refractivity contribution in [3.63, 3.8) is 0 Å². The van der Waals surface area contributed by atoms with Crippen LogP contribution in [0, 0.1) is 5.82 Å². The van der Waals surface area contributed by atoms with Gasteiger partial charge in [0.05, 0.1) is 36.4 Å². The molecule has 96 valence electrons. The highest BCUT2D eigenvalue weighted by molar-refractivity contribution is 7.93. The van der Waals surface area contributed by atoms with Gasteiger partial charge < -0.3 is 9.62 Å². The quantitative estimate of drug-likeness (QED) is 0.793. The topological polar surface area (TPSA) is 52.7 Å². The second kappa shape index (κ2) is 6.09. The number of quaternary nitrogens is 1. The molecular weight excluding hydrogens is 243 g/mol. The molecule has 0 radical (unpaired) electrons. The monoisotopic (exact) mass is 260 g/mol. The molecule has 1 rings (SSSR count). The Balaban J connectivity index is 2.52. The predicted molar refractivity (Wildman–Crippen MR) is 64.9 cm³/mol. The van der Waals surface area contributed by atoms with Gasteiger partial charge in [0.1, 0.15) is 5.82 Å². The molecule has 0 atom stereocenters. The molecular formula is C11H17FN2O2S. The minimum Gasteiger partial charge on any atom is -0.544 e. The molecule has 0 amide bonds. The summed E-state index contributed by atoms with van der Waals surface area (Å²) in [6.45, 7) is 0.953. The number of nitrogens with zero attached hydrogens (tertiary/aromatic N) is 1. The van der Waals surface area contributed by atoms with Crippen LogP contribution >= 0.6 is 0 Å². The van der Waals surface area contributed by atoms with Crippen LogP contribution in [-0.4, -0.2) is 35.6 Å². The number of rotatable bonds is 6. The zero-order valence-electron chi connectivity index (χ0n) is 9.98. The Morgan fingerprint density at radius 3 is 2.35 bits per heavy atom. The number of nitrogens with one attached hydrogen (secondary N) is 1. The lowest BCUT2D eigenvalue weighted by atomic mass is 10.2. The second-order valence-corrected chi connectivity index (χ2v) is 5.87. The SMILES string of the molecule is C[NH+](C)CC[N-]S(=O)(=O)Cc1ccc(F)cc1. The fourth-order valence-corrected chi connectivity index (χ4v) is 2.32. The van der Waals surface area contributed by atoms with Crippen molar-refractivity contribution in [2.24, 2.45) is 0 Å². The Hall–Kier alpha value is -0.980. The Morgan fingerprint density at radius 2 is 1.82 bits per heavy atom. The third kappa shape index (κ3) is 5.76. The molecule has 1 aromatic rings. The summed E-state index contributed by atoms with van der Waals surface area (Å²) in [6, 6.07) is 5.41. The van der Waals surface area contributed by atoms with Gasteiger partial charge in [-0.1, -0.05) is 18.7 Å². The largest absolute Gasteiger partial charge is 0.544 e. The number of sulfonamides is 1. The molecule has 0 bridgehead atoms. The lowest BCUT2D eigenvalue weighted by Gasteiger charge is -2.20. The van der Waals surface area contributed by atoms with Crippen LogP contribution < -0.4 is 4.90 Å². The number of benzene rings is 1. The van der Waals surface area contributed by atoms with Crippen LogP contribution in [0.4, 0.5) is 4.39 Å². The lowest BCUT2D eigenvalue weighted by Crippen LogP contribution is -3.06. The van der Waals surface area contributed by atoms with E-state index in [2.05, 4.69) is 4.72 Å². The van der Waals surface area contributed by atoms with Gasteiger partial charge in [0.25, 0.3) is 0 Å². The molecule has 0 saturated heterocycles. The van der Waals surface area contributed by atoms with Crippen LogP contribution in [-0.2, 0) is 15.8 Å². The minimum atomic E-state index is -3.45. The molecule has 0 unspecified atom stereocenters. The average Bonchev–Trinajstić information content (AvgIpc) is 2.20. The summed E-state index contributed by atoms with van der Waals surface area (Å²) in [5, 5.41) is 0. The van der Waals surface area contributed by atoms with Crippen molar-refractivity contribution in [1.82, 2.24) is 0 Å². The molecule has 4 nitrogen and oxygen atoms in total. The van der Waals surface area contributed by atoms with Gasteiger partial charge in [-0.15, -0.1) is 0 Å². The highest BCUT2D eigenvalue weighted by Gasteiger charge is 2.02. The van der Waals surface area contributed by atoms with Crippen molar-refractivity contribution in [3.8, 4) is 0 Å². The summed E-state index contributed by atoms with van der Waals surface area (Å²) in [6.07, 6.45) is 0. The van der Waals surface area contributed by atoms with Gasteiger partial charge in [0.15, 0.2) is 0 Å². The summed E-state index contributed by atoms with van der Waals surface area (Å²) in [5.41, 5.74) is 0.548. The number of likely N-dealkylation sites (N-methyl/N-ethyl adjacent to an activating group) is 1. The van der Waals surface area contributed by atoms with E-state index in [4.69, 9.17) is 0 Å². The fourth-order valence-electron chi connectivity index (χ4n) is 1.25. The summed E-state index contributed by atoms with van der Waals surface area (Å²) in [7, 11) is 0.411. The van der Waals surface area contributed by atoms with E-state index in [1.807, 2.05) is 14.1 Å². The lowest BCUT2D eigenvalue weighted by molar-refractivity contribution is -0.856. The van der Waals surface area contributed by atoms with Crippen LogP contribution in [0.25, 0.3) is 4.72 Å². The predicted octanol–water partition coefficient (Wildman–Crippen LogP) is 0.174. The van der Waals surface area contributed by atoms with Crippen molar-refractivity contribution in [2.45, 2.75) is 5.75 Å². The van der Waals surface area contributed by atoms with Gasteiger partial charge in [-0.2, -0.15) is 0 Å². The van der Waals surface area contributed by atoms with Gasteiger partial charge in [0.2, 0.25) is 0 Å². The minimum absolute atomic E-state index is 0.171. The van der Waals surface area contributed by atoms with Gasteiger partial charge in [-0.3, -0.25) is 0 Å². The summed E-state index contributed by atoms with van der Waals surface area (Å²) < 4.78 is 39.5. The van der Waals surface area contributed by atoms with Crippen LogP contribution in [0.15, 0.2) is 24.3 Å². The number of hydrogen-bond donors (Lipinski definition) is 1. The summed E-state index contributed by atoms with van der Waals surface area (Å²) >= 11 is 0. The molecule has 0 aliphatic carbocycles. The van der Waals surface area contributed by atoms with Crippen LogP contribution in [0.1, 0.15) is 5.56 Å². The molecule has 0 aliphatic heterocycles. The first-order valence-electron chi connectivity index (χ1n) is 5.34. The van der Waals surface area contributed by atoms with Gasteiger partial charge in [-0.25, -0.2) is 12.8 Å². The maximum Gasteiger partial charge on any atom is 0.123 e. The Bertz CT molecular complexity index is 443. The maximum atomic E-state index is 12.6. The Morgan fingerprint density at radius 1 is 1.24 bits per heavy atom. The van der Waals surface area contributed by atoms with E-state index in [0.717, 1.165) is 4.90 Å². The molecule has 0 heterocycles. The fraction of sp³-hybridized carbons (Fsp3) is 0.455. The second-order valence-electron chi connectivity index (χ2n) is 4.16. The maximum absolute atomic E-state index is 12.6. The van der Waals surface area contributed by atoms with Gasteiger partial charge >= 0.3 is 0 Å². The molecule has 6 heteroatoms. The highest BCUT2D eigenvalue weighted by atomic mass is 32.2. The first kappa shape index (κ1) is 14.1. The van der Waals surface area contributed by atoms with Crippen molar-refractivity contribution in [3.05, 3.63) is 40.4 Å². The van der Waals surface area contributed by atoms with E-state index in [9.17, 15) is 12.8 Å². The third-order valence-electron chi connectivity index (χ3n) is 2.16. The molecule has 0 saturated carbocycles. The number of halogens is 1. The Kier molecular flexibility index (Phi) is 5.04. The third-order valence-corrected chi connectivity index (χ3v) is 3.44. The van der Waals surface area contributed by atoms with E-state index >= 15 is 0 Å². The van der Waals surface area contributed by atoms with E-state index in [1.54, 1.807) is 0 Å². The van der Waals surface area contributed by atoms with E-state index < -0.39 is 10.0 Å².